The smallest absolute Gasteiger partial charge is 0.0811 e. The topological polar surface area (TPSA) is 12.9 Å². The molecule has 0 saturated carbocycles. The van der Waals surface area contributed by atoms with E-state index in [1.807, 2.05) is 26.0 Å². The molecule has 0 aliphatic rings. The van der Waals surface area contributed by atoms with Gasteiger partial charge in [0.15, 0.2) is 0 Å². The summed E-state index contributed by atoms with van der Waals surface area (Å²) < 4.78 is 0.983. The van der Waals surface area contributed by atoms with Gasteiger partial charge in [-0.1, -0.05) is 39.1 Å². The van der Waals surface area contributed by atoms with E-state index >= 15 is 0 Å². The Morgan fingerprint density at radius 3 is 2.47 bits per heavy atom. The van der Waals surface area contributed by atoms with Gasteiger partial charge in [0.05, 0.1) is 21.3 Å². The van der Waals surface area contributed by atoms with Crippen molar-refractivity contribution in [3.05, 3.63) is 37.9 Å². The molecule has 0 radical (unpaired) electrons. The van der Waals surface area contributed by atoms with Gasteiger partial charge in [0.1, 0.15) is 0 Å². The van der Waals surface area contributed by atoms with Gasteiger partial charge in [0, 0.05) is 9.86 Å². The molecule has 0 aliphatic heterocycles. The third kappa shape index (κ3) is 1.86. The van der Waals surface area contributed by atoms with Crippen LogP contribution in [0.4, 0.5) is 0 Å². The van der Waals surface area contributed by atoms with Crippen LogP contribution in [-0.2, 0) is 0 Å². The van der Waals surface area contributed by atoms with E-state index in [-0.39, 0.29) is 0 Å². The molecular formula is C11H8BrCl2N. The van der Waals surface area contributed by atoms with E-state index in [1.54, 1.807) is 0 Å². The fourth-order valence-corrected chi connectivity index (χ4v) is 2.54. The molecule has 2 aromatic rings. The molecule has 0 aliphatic carbocycles. The maximum Gasteiger partial charge on any atom is 0.0811 e. The van der Waals surface area contributed by atoms with Crippen molar-refractivity contribution in [1.29, 1.82) is 0 Å². The SMILES string of the molecule is Cc1nc2c(C)cc(Br)cc2c(Cl)c1Cl. The van der Waals surface area contributed by atoms with E-state index in [0.29, 0.717) is 10.0 Å². The van der Waals surface area contributed by atoms with Crippen molar-refractivity contribution in [3.8, 4) is 0 Å². The first-order chi connectivity index (χ1) is 7.00. The van der Waals surface area contributed by atoms with Gasteiger partial charge in [-0.25, -0.2) is 0 Å². The number of aromatic nitrogens is 1. The first kappa shape index (κ1) is 11.2. The van der Waals surface area contributed by atoms with Gasteiger partial charge in [0.25, 0.3) is 0 Å². The summed E-state index contributed by atoms with van der Waals surface area (Å²) in [6, 6.07) is 3.95. The lowest BCUT2D eigenvalue weighted by Crippen LogP contribution is -1.90. The molecule has 1 aromatic carbocycles. The maximum atomic E-state index is 6.18. The van der Waals surface area contributed by atoms with Gasteiger partial charge in [-0.2, -0.15) is 0 Å². The highest BCUT2D eigenvalue weighted by atomic mass is 79.9. The highest BCUT2D eigenvalue weighted by Gasteiger charge is 2.11. The van der Waals surface area contributed by atoms with E-state index in [9.17, 15) is 0 Å². The van der Waals surface area contributed by atoms with Gasteiger partial charge in [-0.3, -0.25) is 4.98 Å². The number of nitrogens with zero attached hydrogens (tertiary/aromatic N) is 1. The number of hydrogen-bond donors (Lipinski definition) is 0. The van der Waals surface area contributed by atoms with Crippen molar-refractivity contribution in [2.75, 3.05) is 0 Å². The van der Waals surface area contributed by atoms with Crippen LogP contribution in [-0.4, -0.2) is 4.98 Å². The lowest BCUT2D eigenvalue weighted by Gasteiger charge is -2.08. The Balaban J connectivity index is 2.98. The molecule has 0 saturated heterocycles. The quantitative estimate of drug-likeness (QED) is 0.673. The van der Waals surface area contributed by atoms with Gasteiger partial charge in [-0.15, -0.1) is 0 Å². The minimum absolute atomic E-state index is 0.529. The Labute approximate surface area is 107 Å². The van der Waals surface area contributed by atoms with Crippen LogP contribution in [0.1, 0.15) is 11.3 Å². The van der Waals surface area contributed by atoms with Crippen LogP contribution in [0.3, 0.4) is 0 Å². The van der Waals surface area contributed by atoms with Crippen LogP contribution >= 0.6 is 39.1 Å². The normalized spacial score (nSPS) is 11.0. The number of fused-ring (bicyclic) bond motifs is 1. The minimum Gasteiger partial charge on any atom is -0.251 e. The molecule has 1 heterocycles. The molecule has 2 rings (SSSR count). The van der Waals surface area contributed by atoms with E-state index in [0.717, 1.165) is 26.6 Å². The Bertz CT molecular complexity index is 552. The van der Waals surface area contributed by atoms with E-state index in [1.165, 1.54) is 0 Å². The third-order valence-corrected chi connectivity index (χ3v) is 3.70. The molecule has 0 atom stereocenters. The van der Waals surface area contributed by atoms with Crippen LogP contribution in [0.5, 0.6) is 0 Å². The molecule has 1 aromatic heterocycles. The van der Waals surface area contributed by atoms with E-state index < -0.39 is 0 Å². The van der Waals surface area contributed by atoms with Crippen molar-refractivity contribution < 1.29 is 0 Å². The van der Waals surface area contributed by atoms with Crippen LogP contribution < -0.4 is 0 Å². The zero-order valence-corrected chi connectivity index (χ0v) is 11.3. The Kier molecular flexibility index (Phi) is 2.93. The highest BCUT2D eigenvalue weighted by molar-refractivity contribution is 9.10. The first-order valence-electron chi connectivity index (χ1n) is 4.42. The molecule has 4 heteroatoms. The lowest BCUT2D eigenvalue weighted by molar-refractivity contribution is 1.24. The summed E-state index contributed by atoms with van der Waals surface area (Å²) in [5, 5.41) is 1.99. The molecular weight excluding hydrogens is 297 g/mol. The predicted molar refractivity (Wildman–Crippen MR) is 68.9 cm³/mol. The standard InChI is InChI=1S/C11H8BrCl2N/c1-5-3-7(12)4-8-10(14)9(13)6(2)15-11(5)8/h3-4H,1-2H3. The first-order valence-corrected chi connectivity index (χ1v) is 5.97. The Morgan fingerprint density at radius 2 is 1.80 bits per heavy atom. The Hall–Kier alpha value is -0.310. The average molecular weight is 305 g/mol. The van der Waals surface area contributed by atoms with Gasteiger partial charge < -0.3 is 0 Å². The molecule has 0 fully saturated rings. The molecule has 0 amide bonds. The fraction of sp³-hybridized carbons (Fsp3) is 0.182. The molecule has 0 unspecified atom stereocenters. The second-order valence-electron chi connectivity index (χ2n) is 3.44. The van der Waals surface area contributed by atoms with Crippen LogP contribution in [0.15, 0.2) is 16.6 Å². The number of halogens is 3. The van der Waals surface area contributed by atoms with Crippen molar-refractivity contribution in [1.82, 2.24) is 4.98 Å². The van der Waals surface area contributed by atoms with Crippen LogP contribution in [0.25, 0.3) is 10.9 Å². The number of pyridine rings is 1. The number of hydrogen-bond acceptors (Lipinski definition) is 1. The molecule has 0 spiro atoms. The van der Waals surface area contributed by atoms with Crippen molar-refractivity contribution in [2.24, 2.45) is 0 Å². The highest BCUT2D eigenvalue weighted by Crippen LogP contribution is 2.34. The zero-order valence-electron chi connectivity index (χ0n) is 8.24. The number of benzene rings is 1. The molecule has 1 nitrogen and oxygen atoms in total. The van der Waals surface area contributed by atoms with Crippen molar-refractivity contribution in [3.63, 3.8) is 0 Å². The summed E-state index contributed by atoms with van der Waals surface area (Å²) in [7, 11) is 0. The summed E-state index contributed by atoms with van der Waals surface area (Å²) in [5.41, 5.74) is 2.76. The minimum atomic E-state index is 0.529. The average Bonchev–Trinajstić information content (AvgIpc) is 2.17. The summed E-state index contributed by atoms with van der Waals surface area (Å²) >= 11 is 15.7. The van der Waals surface area contributed by atoms with Gasteiger partial charge in [-0.05, 0) is 31.5 Å². The summed E-state index contributed by atoms with van der Waals surface area (Å²) in [5.74, 6) is 0. The largest absolute Gasteiger partial charge is 0.251 e. The Morgan fingerprint density at radius 1 is 1.13 bits per heavy atom. The van der Waals surface area contributed by atoms with E-state index in [4.69, 9.17) is 23.2 Å². The predicted octanol–water partition coefficient (Wildman–Crippen LogP) is 4.92. The van der Waals surface area contributed by atoms with Crippen LogP contribution in [0.2, 0.25) is 10.0 Å². The molecule has 0 N–H and O–H groups in total. The van der Waals surface area contributed by atoms with Gasteiger partial charge in [0.2, 0.25) is 0 Å². The fourth-order valence-electron chi connectivity index (χ4n) is 1.55. The monoisotopic (exact) mass is 303 g/mol. The lowest BCUT2D eigenvalue weighted by atomic mass is 10.1. The zero-order chi connectivity index (χ0) is 11.2. The molecule has 0 bridgehead atoms. The number of rotatable bonds is 0. The summed E-state index contributed by atoms with van der Waals surface area (Å²) in [4.78, 5) is 4.44. The second-order valence-corrected chi connectivity index (χ2v) is 5.12. The van der Waals surface area contributed by atoms with Crippen molar-refractivity contribution >= 4 is 50.0 Å². The van der Waals surface area contributed by atoms with Crippen LogP contribution in [0, 0.1) is 13.8 Å². The van der Waals surface area contributed by atoms with E-state index in [2.05, 4.69) is 20.9 Å². The summed E-state index contributed by atoms with van der Waals surface area (Å²) in [6.45, 7) is 3.86. The van der Waals surface area contributed by atoms with Gasteiger partial charge >= 0.3 is 0 Å². The third-order valence-electron chi connectivity index (χ3n) is 2.29. The second kappa shape index (κ2) is 3.93. The van der Waals surface area contributed by atoms with Crippen molar-refractivity contribution in [2.45, 2.75) is 13.8 Å². The molecule has 78 valence electrons. The number of aryl methyl sites for hydroxylation is 2. The summed E-state index contributed by atoms with van der Waals surface area (Å²) in [6.07, 6.45) is 0. The molecule has 15 heavy (non-hydrogen) atoms. The maximum absolute atomic E-state index is 6.18.